The maximum atomic E-state index is 9.40. The largest absolute Gasteiger partial charge is 1.00 e. The average Bonchev–Trinajstić information content (AvgIpc) is 1.87. The molecule has 0 amide bonds. The molecule has 0 spiro atoms. The van der Waals surface area contributed by atoms with Gasteiger partial charge in [0.2, 0.25) is 0 Å². The molecule has 0 aromatic carbocycles. The third-order valence-electron chi connectivity index (χ3n) is 1.25. The monoisotopic (exact) mass is 208 g/mol. The Bertz CT molecular complexity index is 150. The van der Waals surface area contributed by atoms with Crippen molar-refractivity contribution in [3.05, 3.63) is 12.2 Å². The van der Waals surface area contributed by atoms with Crippen LogP contribution in [-0.2, 0) is 9.90 Å². The first-order valence-corrected chi connectivity index (χ1v) is 3.97. The molecule has 79 valence electrons. The van der Waals surface area contributed by atoms with Gasteiger partial charge in [-0.2, -0.15) is 0 Å². The van der Waals surface area contributed by atoms with Crippen molar-refractivity contribution in [2.75, 3.05) is 27.7 Å². The molecule has 4 heteroatoms. The Morgan fingerprint density at radius 1 is 1.31 bits per heavy atom. The summed E-state index contributed by atoms with van der Waals surface area (Å²) in [5.74, 6) is -1.14. The van der Waals surface area contributed by atoms with E-state index in [2.05, 4.69) is 28.1 Å². The molecule has 0 bridgehead atoms. The van der Waals surface area contributed by atoms with Crippen LogP contribution in [0.15, 0.2) is 12.2 Å². The standard InChI is InChI=1S/C5H14N.C4H5O2.ClH/c1-5-6(2,3)4;1-2-3-4(5)6;/h5H2,1-4H3;2-3H,1H3;1H/q+1;;/p-1. The fourth-order valence-corrected chi connectivity index (χ4v) is 0.136. The Balaban J connectivity index is -0.000000143. The lowest BCUT2D eigenvalue weighted by atomic mass is 10.5. The van der Waals surface area contributed by atoms with E-state index >= 15 is 0 Å². The quantitative estimate of drug-likeness (QED) is 0.391. The van der Waals surface area contributed by atoms with E-state index in [1.165, 1.54) is 12.6 Å². The molecule has 0 unspecified atom stereocenters. The van der Waals surface area contributed by atoms with Gasteiger partial charge in [0.15, 0.2) is 0 Å². The number of rotatable bonds is 2. The highest BCUT2D eigenvalue weighted by atomic mass is 35.5. The number of nitrogens with zero attached hydrogens (tertiary/aromatic N) is 1. The average molecular weight is 209 g/mol. The molecule has 0 aliphatic rings. The SMILES string of the molecule is CC=CC([O])=O.CC[N+](C)(C)C.[Cl-]. The van der Waals surface area contributed by atoms with Gasteiger partial charge < -0.3 is 16.9 Å². The summed E-state index contributed by atoms with van der Waals surface area (Å²) in [6, 6.07) is 0. The van der Waals surface area contributed by atoms with Crippen molar-refractivity contribution >= 4 is 5.97 Å². The van der Waals surface area contributed by atoms with Crippen LogP contribution >= 0.6 is 0 Å². The number of carbonyl (C=O) groups excluding carboxylic acids is 1. The molecule has 0 aromatic heterocycles. The molecule has 0 saturated carbocycles. The summed E-state index contributed by atoms with van der Waals surface area (Å²) in [5.41, 5.74) is 0. The molecule has 3 nitrogen and oxygen atoms in total. The van der Waals surface area contributed by atoms with Gasteiger partial charge in [-0.05, 0) is 13.8 Å². The zero-order valence-corrected chi connectivity index (χ0v) is 9.76. The van der Waals surface area contributed by atoms with Gasteiger partial charge in [-0.25, -0.2) is 9.90 Å². The minimum Gasteiger partial charge on any atom is -1.00 e. The molecule has 0 aliphatic carbocycles. The Morgan fingerprint density at radius 2 is 1.62 bits per heavy atom. The molecule has 0 saturated heterocycles. The van der Waals surface area contributed by atoms with Gasteiger partial charge in [-0.1, -0.05) is 6.08 Å². The molecular formula is C9H19ClNO2. The van der Waals surface area contributed by atoms with Gasteiger partial charge >= 0.3 is 5.97 Å². The number of hydrogen-bond acceptors (Lipinski definition) is 1. The smallest absolute Gasteiger partial charge is 0.378 e. The van der Waals surface area contributed by atoms with Gasteiger partial charge in [-0.3, -0.25) is 0 Å². The third kappa shape index (κ3) is 34.4. The van der Waals surface area contributed by atoms with Crippen LogP contribution in [0.4, 0.5) is 0 Å². The fourth-order valence-electron chi connectivity index (χ4n) is 0.136. The molecule has 0 aromatic rings. The molecule has 0 atom stereocenters. The summed E-state index contributed by atoms with van der Waals surface area (Å²) in [6.45, 7) is 5.01. The molecule has 0 aliphatic heterocycles. The maximum absolute atomic E-state index is 9.40. The number of quaternary nitrogens is 1. The van der Waals surface area contributed by atoms with Crippen LogP contribution in [0.1, 0.15) is 13.8 Å². The van der Waals surface area contributed by atoms with Crippen molar-refractivity contribution in [3.8, 4) is 0 Å². The lowest BCUT2D eigenvalue weighted by Crippen LogP contribution is -3.00. The maximum Gasteiger partial charge on any atom is 0.378 e. The van der Waals surface area contributed by atoms with Crippen molar-refractivity contribution in [3.63, 3.8) is 0 Å². The van der Waals surface area contributed by atoms with E-state index in [0.29, 0.717) is 0 Å². The van der Waals surface area contributed by atoms with Crippen molar-refractivity contribution in [1.82, 2.24) is 0 Å². The Kier molecular flexibility index (Phi) is 13.4. The molecule has 1 radical (unpaired) electrons. The van der Waals surface area contributed by atoms with Gasteiger partial charge in [0.1, 0.15) is 0 Å². The molecule has 13 heavy (non-hydrogen) atoms. The van der Waals surface area contributed by atoms with Crippen LogP contribution in [0.3, 0.4) is 0 Å². The number of halogens is 1. The fraction of sp³-hybridized carbons (Fsp3) is 0.667. The zero-order valence-electron chi connectivity index (χ0n) is 9.00. The number of hydrogen-bond donors (Lipinski definition) is 0. The van der Waals surface area contributed by atoms with Gasteiger partial charge in [0.05, 0.1) is 27.7 Å². The first-order chi connectivity index (χ1) is 5.33. The van der Waals surface area contributed by atoms with E-state index in [-0.39, 0.29) is 12.4 Å². The highest BCUT2D eigenvalue weighted by Crippen LogP contribution is 1.83. The molecule has 0 N–H and O–H groups in total. The Morgan fingerprint density at radius 3 is 1.62 bits per heavy atom. The molecule has 0 rings (SSSR count). The van der Waals surface area contributed by atoms with E-state index in [0.717, 1.165) is 10.6 Å². The minimum atomic E-state index is -1.14. The lowest BCUT2D eigenvalue weighted by molar-refractivity contribution is -0.868. The van der Waals surface area contributed by atoms with Crippen molar-refractivity contribution < 1.29 is 26.8 Å². The Labute approximate surface area is 87.1 Å². The molecule has 0 fully saturated rings. The third-order valence-corrected chi connectivity index (χ3v) is 1.25. The van der Waals surface area contributed by atoms with Crippen molar-refractivity contribution in [2.45, 2.75) is 13.8 Å². The summed E-state index contributed by atoms with van der Waals surface area (Å²) in [4.78, 5) is 9.40. The van der Waals surface area contributed by atoms with Crippen LogP contribution < -0.4 is 12.4 Å². The summed E-state index contributed by atoms with van der Waals surface area (Å²) in [7, 11) is 6.54. The summed E-state index contributed by atoms with van der Waals surface area (Å²) in [6.07, 6.45) is 2.38. The highest BCUT2D eigenvalue weighted by molar-refractivity contribution is 5.79. The van der Waals surface area contributed by atoms with Gasteiger partial charge in [-0.15, -0.1) is 0 Å². The second-order valence-corrected chi connectivity index (χ2v) is 3.43. The van der Waals surface area contributed by atoms with Gasteiger partial charge in [0, 0.05) is 6.08 Å². The first kappa shape index (κ1) is 18.3. The van der Waals surface area contributed by atoms with Crippen LogP contribution in [0.5, 0.6) is 0 Å². The van der Waals surface area contributed by atoms with Crippen molar-refractivity contribution in [1.29, 1.82) is 0 Å². The zero-order chi connectivity index (χ0) is 10.2. The lowest BCUT2D eigenvalue weighted by Gasteiger charge is -2.20. The van der Waals surface area contributed by atoms with Crippen LogP contribution in [0.2, 0.25) is 0 Å². The van der Waals surface area contributed by atoms with Crippen molar-refractivity contribution in [2.24, 2.45) is 0 Å². The Hall–Kier alpha value is -0.540. The second-order valence-electron chi connectivity index (χ2n) is 3.43. The van der Waals surface area contributed by atoms with Crippen LogP contribution in [0.25, 0.3) is 0 Å². The summed E-state index contributed by atoms with van der Waals surface area (Å²) >= 11 is 0. The van der Waals surface area contributed by atoms with E-state index < -0.39 is 5.97 Å². The predicted molar refractivity (Wildman–Crippen MR) is 49.1 cm³/mol. The molecular weight excluding hydrogens is 190 g/mol. The summed E-state index contributed by atoms with van der Waals surface area (Å²) < 4.78 is 1.07. The number of carbonyl (C=O) groups is 1. The number of allylic oxidation sites excluding steroid dienone is 1. The highest BCUT2D eigenvalue weighted by Gasteiger charge is 1.97. The van der Waals surface area contributed by atoms with E-state index in [9.17, 15) is 9.90 Å². The van der Waals surface area contributed by atoms with Crippen LogP contribution in [-0.4, -0.2) is 38.1 Å². The van der Waals surface area contributed by atoms with E-state index in [1.807, 2.05) is 0 Å². The summed E-state index contributed by atoms with van der Waals surface area (Å²) in [5, 5.41) is 9.40. The van der Waals surface area contributed by atoms with E-state index in [4.69, 9.17) is 0 Å². The first-order valence-electron chi connectivity index (χ1n) is 3.97. The van der Waals surface area contributed by atoms with Crippen LogP contribution in [0, 0.1) is 0 Å². The normalized spacial score (nSPS) is 9.92. The molecule has 0 heterocycles. The predicted octanol–water partition coefficient (Wildman–Crippen LogP) is -1.76. The van der Waals surface area contributed by atoms with Gasteiger partial charge in [0.25, 0.3) is 0 Å². The topological polar surface area (TPSA) is 37.0 Å². The minimum absolute atomic E-state index is 0. The van der Waals surface area contributed by atoms with E-state index in [1.54, 1.807) is 6.92 Å². The second kappa shape index (κ2) is 9.55.